The number of para-hydroxylation sites is 1. The van der Waals surface area contributed by atoms with E-state index in [0.717, 1.165) is 31.7 Å². The summed E-state index contributed by atoms with van der Waals surface area (Å²) < 4.78 is 13.3. The zero-order valence-electron chi connectivity index (χ0n) is 15.0. The molecule has 4 rings (SSSR count). The van der Waals surface area contributed by atoms with Gasteiger partial charge in [0.25, 0.3) is 0 Å². The topological polar surface area (TPSA) is 35.6 Å². The van der Waals surface area contributed by atoms with Crippen LogP contribution in [0.3, 0.4) is 0 Å². The second-order valence-electron chi connectivity index (χ2n) is 7.02. The Morgan fingerprint density at radius 2 is 1.92 bits per heavy atom. The Hall–Kier alpha value is -2.56. The molecule has 0 aliphatic carbocycles. The van der Waals surface area contributed by atoms with Crippen LogP contribution in [-0.4, -0.2) is 38.1 Å². The first-order valence-electron chi connectivity index (χ1n) is 9.30. The van der Waals surface area contributed by atoms with E-state index in [1.165, 1.54) is 23.4 Å². The Morgan fingerprint density at radius 1 is 1.15 bits per heavy atom. The Kier molecular flexibility index (Phi) is 4.53. The molecule has 0 radical (unpaired) electrons. The minimum atomic E-state index is -0.223. The molecule has 0 aromatic heterocycles. The number of anilines is 2. The van der Waals surface area contributed by atoms with Crippen molar-refractivity contribution < 1.29 is 9.18 Å². The quantitative estimate of drug-likeness (QED) is 0.922. The lowest BCUT2D eigenvalue weighted by Crippen LogP contribution is -2.61. The van der Waals surface area contributed by atoms with Crippen LogP contribution in [0.15, 0.2) is 48.5 Å². The first-order valence-corrected chi connectivity index (χ1v) is 9.30. The van der Waals surface area contributed by atoms with Crippen molar-refractivity contribution in [2.45, 2.75) is 19.4 Å². The highest BCUT2D eigenvalue weighted by molar-refractivity contribution is 5.82. The van der Waals surface area contributed by atoms with E-state index in [1.54, 1.807) is 0 Å². The van der Waals surface area contributed by atoms with Crippen LogP contribution in [0, 0.1) is 11.7 Å². The maximum Gasteiger partial charge on any atom is 0.225 e. The third-order valence-corrected chi connectivity index (χ3v) is 5.50. The fourth-order valence-corrected chi connectivity index (χ4v) is 4.25. The molecule has 2 aliphatic heterocycles. The highest BCUT2D eigenvalue weighted by atomic mass is 19.1. The summed E-state index contributed by atoms with van der Waals surface area (Å²) in [5.74, 6) is -0.176. The lowest BCUT2D eigenvalue weighted by molar-refractivity contribution is -0.125. The maximum absolute atomic E-state index is 13.3. The Morgan fingerprint density at radius 3 is 2.69 bits per heavy atom. The number of hydrogen-bond acceptors (Lipinski definition) is 3. The fraction of sp³-hybridized carbons (Fsp3) is 0.381. The molecule has 5 heteroatoms. The molecule has 2 aliphatic rings. The molecule has 1 fully saturated rings. The van der Waals surface area contributed by atoms with Crippen molar-refractivity contribution in [2.24, 2.45) is 5.92 Å². The number of piperazine rings is 1. The van der Waals surface area contributed by atoms with Crippen LogP contribution in [-0.2, 0) is 11.2 Å². The zero-order valence-corrected chi connectivity index (χ0v) is 15.0. The molecule has 1 N–H and O–H groups in total. The Bertz CT molecular complexity index is 792. The van der Waals surface area contributed by atoms with E-state index in [1.807, 2.05) is 25.1 Å². The minimum absolute atomic E-state index is 0.0758. The monoisotopic (exact) mass is 353 g/mol. The smallest absolute Gasteiger partial charge is 0.225 e. The van der Waals surface area contributed by atoms with Crippen LogP contribution < -0.4 is 15.1 Å². The molecule has 2 aromatic carbocycles. The van der Waals surface area contributed by atoms with E-state index in [9.17, 15) is 9.18 Å². The molecule has 136 valence electrons. The minimum Gasteiger partial charge on any atom is -0.368 e. The van der Waals surface area contributed by atoms with Crippen LogP contribution in [0.4, 0.5) is 15.8 Å². The first kappa shape index (κ1) is 16.9. The zero-order chi connectivity index (χ0) is 18.1. The van der Waals surface area contributed by atoms with Crippen molar-refractivity contribution in [3.05, 3.63) is 59.9 Å². The molecular weight excluding hydrogens is 329 g/mol. The summed E-state index contributed by atoms with van der Waals surface area (Å²) in [6.45, 7) is 5.08. The van der Waals surface area contributed by atoms with Crippen molar-refractivity contribution in [1.29, 1.82) is 0 Å². The number of nitrogens with zero attached hydrogens (tertiary/aromatic N) is 2. The number of hydrogen-bond donors (Lipinski definition) is 1. The number of carbonyl (C=O) groups excluding carboxylic acids is 1. The van der Waals surface area contributed by atoms with E-state index in [2.05, 4.69) is 33.3 Å². The molecule has 0 unspecified atom stereocenters. The molecule has 0 spiro atoms. The predicted octanol–water partition coefficient (Wildman–Crippen LogP) is 2.83. The van der Waals surface area contributed by atoms with Crippen molar-refractivity contribution in [3.8, 4) is 0 Å². The van der Waals surface area contributed by atoms with Gasteiger partial charge in [0.1, 0.15) is 5.82 Å². The fourth-order valence-electron chi connectivity index (χ4n) is 4.25. The van der Waals surface area contributed by atoms with Crippen molar-refractivity contribution >= 4 is 17.3 Å². The van der Waals surface area contributed by atoms with Gasteiger partial charge in [0.15, 0.2) is 0 Å². The number of carbonyl (C=O) groups is 1. The molecule has 0 bridgehead atoms. The molecule has 26 heavy (non-hydrogen) atoms. The summed E-state index contributed by atoms with van der Waals surface area (Å²) in [5, 5.41) is 3.01. The number of nitrogens with one attached hydrogen (secondary N) is 1. The van der Waals surface area contributed by atoms with E-state index >= 15 is 0 Å². The van der Waals surface area contributed by atoms with Gasteiger partial charge in [-0.15, -0.1) is 0 Å². The van der Waals surface area contributed by atoms with Gasteiger partial charge in [-0.2, -0.15) is 0 Å². The molecular formula is C21H24FN3O. The van der Waals surface area contributed by atoms with E-state index < -0.39 is 0 Å². The van der Waals surface area contributed by atoms with E-state index in [-0.39, 0.29) is 23.7 Å². The average molecular weight is 353 g/mol. The van der Waals surface area contributed by atoms with Gasteiger partial charge < -0.3 is 15.1 Å². The molecule has 4 nitrogen and oxygen atoms in total. The number of benzene rings is 2. The van der Waals surface area contributed by atoms with Crippen LogP contribution in [0.5, 0.6) is 0 Å². The lowest BCUT2D eigenvalue weighted by Gasteiger charge is -2.49. The van der Waals surface area contributed by atoms with Crippen molar-refractivity contribution in [1.82, 2.24) is 5.32 Å². The molecule has 2 heterocycles. The lowest BCUT2D eigenvalue weighted by atomic mass is 9.83. The van der Waals surface area contributed by atoms with Crippen LogP contribution in [0.2, 0.25) is 0 Å². The molecule has 2 atom stereocenters. The highest BCUT2D eigenvalue weighted by Gasteiger charge is 2.41. The van der Waals surface area contributed by atoms with E-state index in [4.69, 9.17) is 0 Å². The molecule has 1 amide bonds. The first-order chi connectivity index (χ1) is 12.7. The Balaban J connectivity index is 1.64. The molecule has 0 saturated carbocycles. The van der Waals surface area contributed by atoms with Crippen LogP contribution in [0.1, 0.15) is 12.5 Å². The Labute approximate surface area is 153 Å². The van der Waals surface area contributed by atoms with Gasteiger partial charge >= 0.3 is 0 Å². The third-order valence-electron chi connectivity index (χ3n) is 5.50. The largest absolute Gasteiger partial charge is 0.368 e. The summed E-state index contributed by atoms with van der Waals surface area (Å²) in [6, 6.07) is 15.2. The number of halogens is 1. The summed E-state index contributed by atoms with van der Waals surface area (Å²) in [4.78, 5) is 17.4. The number of rotatable bonds is 3. The summed E-state index contributed by atoms with van der Waals surface area (Å²) in [5.41, 5.74) is 3.51. The summed E-state index contributed by atoms with van der Waals surface area (Å²) >= 11 is 0. The highest BCUT2D eigenvalue weighted by Crippen LogP contribution is 2.36. The van der Waals surface area contributed by atoms with Crippen molar-refractivity contribution in [2.75, 3.05) is 36.0 Å². The van der Waals surface area contributed by atoms with Gasteiger partial charge in [-0.05, 0) is 49.2 Å². The molecule has 1 saturated heterocycles. The van der Waals surface area contributed by atoms with Gasteiger partial charge in [-0.1, -0.05) is 18.2 Å². The van der Waals surface area contributed by atoms with Crippen LogP contribution >= 0.6 is 0 Å². The normalized spacial score (nSPS) is 21.8. The molecule has 2 aromatic rings. The van der Waals surface area contributed by atoms with Gasteiger partial charge in [-0.3, -0.25) is 4.79 Å². The number of fused-ring (bicyclic) bond motifs is 3. The number of amides is 1. The third kappa shape index (κ3) is 3.02. The average Bonchev–Trinajstić information content (AvgIpc) is 2.67. The van der Waals surface area contributed by atoms with Gasteiger partial charge in [-0.25, -0.2) is 4.39 Å². The van der Waals surface area contributed by atoms with Crippen LogP contribution in [0.25, 0.3) is 0 Å². The maximum atomic E-state index is 13.3. The summed E-state index contributed by atoms with van der Waals surface area (Å²) in [7, 11) is 0. The SMILES string of the molecule is CCNC(=O)[C@@H]1Cc2ccccc2N2CCN(c3ccc(F)cc3)C[C@H]12. The van der Waals surface area contributed by atoms with Gasteiger partial charge in [0, 0.05) is 37.6 Å². The van der Waals surface area contributed by atoms with Crippen molar-refractivity contribution in [3.63, 3.8) is 0 Å². The van der Waals surface area contributed by atoms with E-state index in [0.29, 0.717) is 6.54 Å². The predicted molar refractivity (Wildman–Crippen MR) is 102 cm³/mol. The second kappa shape index (κ2) is 6.98. The van der Waals surface area contributed by atoms with Gasteiger partial charge in [0.05, 0.1) is 12.0 Å². The second-order valence-corrected chi connectivity index (χ2v) is 7.02. The summed E-state index contributed by atoms with van der Waals surface area (Å²) in [6.07, 6.45) is 0.764. The van der Waals surface area contributed by atoms with Gasteiger partial charge in [0.2, 0.25) is 5.91 Å². The standard InChI is InChI=1S/C21H24FN3O/c1-2-23-21(26)18-13-15-5-3-4-6-19(15)25-12-11-24(14-20(18)25)17-9-7-16(22)8-10-17/h3-10,18,20H,2,11-14H2,1H3,(H,23,26)/t18-,20-/m1/s1.